The van der Waals surface area contributed by atoms with Crippen LogP contribution in [-0.4, -0.2) is 35.6 Å². The number of hydrogen-bond donors (Lipinski definition) is 3. The fourth-order valence-electron chi connectivity index (χ4n) is 3.07. The number of nitrogens with one attached hydrogen (secondary N) is 2. The van der Waals surface area contributed by atoms with E-state index in [-0.39, 0.29) is 11.8 Å². The molecule has 2 fully saturated rings. The maximum atomic E-state index is 12.3. The number of carboxylic acid groups (broad SMARTS) is 1. The van der Waals surface area contributed by atoms with Crippen molar-refractivity contribution >= 4 is 11.9 Å². The second-order valence-corrected chi connectivity index (χ2v) is 6.08. The SMILES string of the molecule is CC1CCC(NC(=O)C2CCNCC2)(C(=O)O)CC1. The molecule has 5 heteroatoms. The van der Waals surface area contributed by atoms with Gasteiger partial charge in [-0.15, -0.1) is 0 Å². The highest BCUT2D eigenvalue weighted by molar-refractivity contribution is 5.88. The summed E-state index contributed by atoms with van der Waals surface area (Å²) in [6, 6.07) is 0. The Kier molecular flexibility index (Phi) is 4.45. The molecule has 2 rings (SSSR count). The molecule has 0 atom stereocenters. The van der Waals surface area contributed by atoms with Crippen LogP contribution >= 0.6 is 0 Å². The lowest BCUT2D eigenvalue weighted by Crippen LogP contribution is -2.58. The van der Waals surface area contributed by atoms with Crippen LogP contribution in [0.4, 0.5) is 0 Å². The monoisotopic (exact) mass is 268 g/mol. The largest absolute Gasteiger partial charge is 0.480 e. The summed E-state index contributed by atoms with van der Waals surface area (Å²) in [5, 5.41) is 15.6. The van der Waals surface area contributed by atoms with Gasteiger partial charge in [-0.3, -0.25) is 4.79 Å². The van der Waals surface area contributed by atoms with Crippen molar-refractivity contribution in [2.24, 2.45) is 11.8 Å². The standard InChI is InChI=1S/C14H24N2O3/c1-10-2-6-14(7-3-10,13(18)19)16-12(17)11-4-8-15-9-5-11/h10-11,15H,2-9H2,1H3,(H,16,17)(H,18,19). The van der Waals surface area contributed by atoms with Crippen LogP contribution in [0.3, 0.4) is 0 Å². The third kappa shape index (κ3) is 3.26. The Hall–Kier alpha value is -1.10. The molecule has 1 saturated heterocycles. The fraction of sp³-hybridized carbons (Fsp3) is 0.857. The van der Waals surface area contributed by atoms with Crippen molar-refractivity contribution in [3.63, 3.8) is 0 Å². The molecule has 1 aliphatic carbocycles. The van der Waals surface area contributed by atoms with E-state index in [1.165, 1.54) is 0 Å². The zero-order valence-corrected chi connectivity index (χ0v) is 11.6. The van der Waals surface area contributed by atoms with Crippen LogP contribution in [0.15, 0.2) is 0 Å². The number of piperidine rings is 1. The minimum Gasteiger partial charge on any atom is -0.480 e. The Labute approximate surface area is 114 Å². The average Bonchev–Trinajstić information content (AvgIpc) is 2.42. The zero-order chi connectivity index (χ0) is 13.9. The van der Waals surface area contributed by atoms with Gasteiger partial charge in [-0.1, -0.05) is 6.92 Å². The first kappa shape index (κ1) is 14.3. The van der Waals surface area contributed by atoms with Gasteiger partial charge in [0.15, 0.2) is 0 Å². The molecular weight excluding hydrogens is 244 g/mol. The highest BCUT2D eigenvalue weighted by atomic mass is 16.4. The minimum absolute atomic E-state index is 0.0307. The first-order valence-corrected chi connectivity index (χ1v) is 7.30. The maximum Gasteiger partial charge on any atom is 0.329 e. The Morgan fingerprint density at radius 1 is 1.16 bits per heavy atom. The normalized spacial score (nSPS) is 32.8. The van der Waals surface area contributed by atoms with E-state index in [0.717, 1.165) is 38.8 Å². The van der Waals surface area contributed by atoms with Crippen LogP contribution in [0, 0.1) is 11.8 Å². The molecular formula is C14H24N2O3. The van der Waals surface area contributed by atoms with Gasteiger partial charge in [-0.2, -0.15) is 0 Å². The predicted molar refractivity (Wildman–Crippen MR) is 71.7 cm³/mol. The highest BCUT2D eigenvalue weighted by Gasteiger charge is 2.43. The van der Waals surface area contributed by atoms with Crippen LogP contribution in [0.2, 0.25) is 0 Å². The van der Waals surface area contributed by atoms with Crippen LogP contribution in [0.1, 0.15) is 45.4 Å². The van der Waals surface area contributed by atoms with Crippen molar-refractivity contribution in [1.29, 1.82) is 0 Å². The summed E-state index contributed by atoms with van der Waals surface area (Å²) < 4.78 is 0. The van der Waals surface area contributed by atoms with Gasteiger partial charge in [-0.05, 0) is 57.5 Å². The van der Waals surface area contributed by atoms with E-state index in [2.05, 4.69) is 17.6 Å². The second-order valence-electron chi connectivity index (χ2n) is 6.08. The van der Waals surface area contributed by atoms with Gasteiger partial charge >= 0.3 is 5.97 Å². The third-order valence-corrected chi connectivity index (χ3v) is 4.61. The van der Waals surface area contributed by atoms with Crippen molar-refractivity contribution < 1.29 is 14.7 Å². The van der Waals surface area contributed by atoms with E-state index in [9.17, 15) is 14.7 Å². The summed E-state index contributed by atoms with van der Waals surface area (Å²) >= 11 is 0. The van der Waals surface area contributed by atoms with Gasteiger partial charge in [0.2, 0.25) is 5.91 Å². The van der Waals surface area contributed by atoms with E-state index in [1.807, 2.05) is 0 Å². The van der Waals surface area contributed by atoms with Crippen molar-refractivity contribution in [2.45, 2.75) is 51.0 Å². The number of carbonyl (C=O) groups excluding carboxylic acids is 1. The number of hydrogen-bond acceptors (Lipinski definition) is 3. The van der Waals surface area contributed by atoms with Crippen molar-refractivity contribution in [2.75, 3.05) is 13.1 Å². The molecule has 0 radical (unpaired) electrons. The molecule has 2 aliphatic rings. The van der Waals surface area contributed by atoms with E-state index in [4.69, 9.17) is 0 Å². The Balaban J connectivity index is 2.00. The summed E-state index contributed by atoms with van der Waals surface area (Å²) in [6.07, 6.45) is 4.47. The van der Waals surface area contributed by atoms with Crippen LogP contribution < -0.4 is 10.6 Å². The Bertz CT molecular complexity index is 343. The summed E-state index contributed by atoms with van der Waals surface area (Å²) in [5.74, 6) is -0.416. The quantitative estimate of drug-likeness (QED) is 0.717. The van der Waals surface area contributed by atoms with Gasteiger partial charge in [0.1, 0.15) is 5.54 Å². The van der Waals surface area contributed by atoms with Crippen molar-refractivity contribution in [3.8, 4) is 0 Å². The molecule has 0 aromatic rings. The van der Waals surface area contributed by atoms with Gasteiger partial charge in [-0.25, -0.2) is 4.79 Å². The molecule has 3 N–H and O–H groups in total. The summed E-state index contributed by atoms with van der Waals surface area (Å²) in [7, 11) is 0. The summed E-state index contributed by atoms with van der Waals surface area (Å²) in [6.45, 7) is 3.82. The van der Waals surface area contributed by atoms with E-state index in [1.54, 1.807) is 0 Å². The smallest absolute Gasteiger partial charge is 0.329 e. The lowest BCUT2D eigenvalue weighted by atomic mass is 9.76. The number of aliphatic carboxylic acids is 1. The van der Waals surface area contributed by atoms with E-state index in [0.29, 0.717) is 18.8 Å². The van der Waals surface area contributed by atoms with Gasteiger partial charge in [0, 0.05) is 5.92 Å². The maximum absolute atomic E-state index is 12.3. The second kappa shape index (κ2) is 5.90. The van der Waals surface area contributed by atoms with Crippen molar-refractivity contribution in [3.05, 3.63) is 0 Å². The van der Waals surface area contributed by atoms with Gasteiger partial charge in [0.25, 0.3) is 0 Å². The first-order valence-electron chi connectivity index (χ1n) is 7.30. The van der Waals surface area contributed by atoms with Crippen LogP contribution in [0.25, 0.3) is 0 Å². The lowest BCUT2D eigenvalue weighted by molar-refractivity contribution is -0.150. The first-order chi connectivity index (χ1) is 9.03. The third-order valence-electron chi connectivity index (χ3n) is 4.61. The molecule has 0 aromatic carbocycles. The molecule has 1 aliphatic heterocycles. The molecule has 0 spiro atoms. The minimum atomic E-state index is -1.02. The molecule has 1 heterocycles. The number of carbonyl (C=O) groups is 2. The van der Waals surface area contributed by atoms with Crippen LogP contribution in [0.5, 0.6) is 0 Å². The Morgan fingerprint density at radius 2 is 1.74 bits per heavy atom. The zero-order valence-electron chi connectivity index (χ0n) is 11.6. The molecule has 0 unspecified atom stereocenters. The highest BCUT2D eigenvalue weighted by Crippen LogP contribution is 2.32. The van der Waals surface area contributed by atoms with Crippen molar-refractivity contribution in [1.82, 2.24) is 10.6 Å². The lowest BCUT2D eigenvalue weighted by Gasteiger charge is -2.37. The molecule has 1 saturated carbocycles. The molecule has 0 bridgehead atoms. The number of carboxylic acids is 1. The van der Waals surface area contributed by atoms with Gasteiger partial charge in [0.05, 0.1) is 0 Å². The van der Waals surface area contributed by atoms with E-state index >= 15 is 0 Å². The number of rotatable bonds is 3. The van der Waals surface area contributed by atoms with Gasteiger partial charge < -0.3 is 15.7 Å². The fourth-order valence-corrected chi connectivity index (χ4v) is 3.07. The molecule has 108 valence electrons. The van der Waals surface area contributed by atoms with E-state index < -0.39 is 11.5 Å². The Morgan fingerprint density at radius 3 is 2.26 bits per heavy atom. The molecule has 19 heavy (non-hydrogen) atoms. The van der Waals surface area contributed by atoms with Crippen LogP contribution in [-0.2, 0) is 9.59 Å². The average molecular weight is 268 g/mol. The molecule has 0 aromatic heterocycles. The topological polar surface area (TPSA) is 78.4 Å². The number of amides is 1. The molecule has 5 nitrogen and oxygen atoms in total. The molecule has 1 amide bonds. The summed E-state index contributed by atoms with van der Waals surface area (Å²) in [5.41, 5.74) is -1.02. The predicted octanol–water partition coefficient (Wildman–Crippen LogP) is 1.14. The summed E-state index contributed by atoms with van der Waals surface area (Å²) in [4.78, 5) is 23.8.